The Kier molecular flexibility index (Phi) is 3.51. The Bertz CT molecular complexity index is 561. The highest BCUT2D eigenvalue weighted by Crippen LogP contribution is 2.39. The fraction of sp³-hybridized carbons (Fsp3) is 0.308. The lowest BCUT2D eigenvalue weighted by molar-refractivity contribution is -0.189. The summed E-state index contributed by atoms with van der Waals surface area (Å²) in [6.07, 6.45) is 0. The van der Waals surface area contributed by atoms with Crippen LogP contribution in [0.25, 0.3) is 5.57 Å². The lowest BCUT2D eigenvalue weighted by atomic mass is 9.99. The minimum Gasteiger partial charge on any atom is -0.509 e. The fourth-order valence-electron chi connectivity index (χ4n) is 2.13. The lowest BCUT2D eigenvalue weighted by Gasteiger charge is -2.28. The monoisotopic (exact) mass is 301 g/mol. The van der Waals surface area contributed by atoms with Gasteiger partial charge < -0.3 is 5.11 Å². The van der Waals surface area contributed by atoms with E-state index in [0.717, 1.165) is 5.06 Å². The number of hydrogen-bond acceptors (Lipinski definition) is 3. The van der Waals surface area contributed by atoms with Crippen LogP contribution >= 0.6 is 23.2 Å². The summed E-state index contributed by atoms with van der Waals surface area (Å²) in [5.74, 6) is -0.499. The van der Waals surface area contributed by atoms with Crippen molar-refractivity contribution in [1.29, 1.82) is 0 Å². The number of halogens is 2. The molecule has 0 radical (unpaired) electrons. The molecule has 1 aromatic rings. The number of aliphatic hydroxyl groups is 1. The molecule has 0 saturated heterocycles. The van der Waals surface area contributed by atoms with Crippen molar-refractivity contribution in [3.05, 3.63) is 39.6 Å². The predicted molar refractivity (Wildman–Crippen MR) is 73.9 cm³/mol. The van der Waals surface area contributed by atoms with Gasteiger partial charge in [-0.2, -0.15) is 0 Å². The smallest absolute Gasteiger partial charge is 0.282 e. The molecule has 0 atom stereocenters. The molecule has 6 heteroatoms. The molecular weight excluding hydrogens is 289 g/mol. The lowest BCUT2D eigenvalue weighted by Crippen LogP contribution is -2.42. The van der Waals surface area contributed by atoms with E-state index >= 15 is 0 Å². The van der Waals surface area contributed by atoms with Gasteiger partial charge in [0.1, 0.15) is 11.3 Å². The van der Waals surface area contributed by atoms with Crippen LogP contribution in [-0.4, -0.2) is 28.7 Å². The van der Waals surface area contributed by atoms with Crippen molar-refractivity contribution in [3.8, 4) is 0 Å². The third kappa shape index (κ3) is 2.20. The third-order valence-corrected chi connectivity index (χ3v) is 3.49. The first-order valence-electron chi connectivity index (χ1n) is 5.58. The molecule has 1 amide bonds. The molecule has 1 N–H and O–H groups in total. The van der Waals surface area contributed by atoms with Crippen molar-refractivity contribution in [2.75, 3.05) is 7.11 Å². The second kappa shape index (κ2) is 4.71. The quantitative estimate of drug-likeness (QED) is 0.910. The fourth-order valence-corrected chi connectivity index (χ4v) is 2.65. The summed E-state index contributed by atoms with van der Waals surface area (Å²) < 4.78 is 0. The number of hydroxylamine groups is 2. The minimum absolute atomic E-state index is 0.0716. The van der Waals surface area contributed by atoms with Gasteiger partial charge in [-0.1, -0.05) is 23.2 Å². The molecule has 4 nitrogen and oxygen atoms in total. The molecule has 1 aliphatic heterocycles. The average molecular weight is 302 g/mol. The maximum absolute atomic E-state index is 12.3. The van der Waals surface area contributed by atoms with E-state index in [9.17, 15) is 9.90 Å². The van der Waals surface area contributed by atoms with E-state index in [1.165, 1.54) is 7.11 Å². The highest BCUT2D eigenvalue weighted by Gasteiger charge is 2.47. The molecule has 0 bridgehead atoms. The van der Waals surface area contributed by atoms with E-state index in [-0.39, 0.29) is 11.3 Å². The SMILES string of the molecule is CON1C(=O)C(c2cc(Cl)cc(Cl)c2)=C(O)C1(C)C. The van der Waals surface area contributed by atoms with Gasteiger partial charge in [0.2, 0.25) is 0 Å². The van der Waals surface area contributed by atoms with E-state index in [4.69, 9.17) is 28.0 Å². The van der Waals surface area contributed by atoms with Gasteiger partial charge in [0.15, 0.2) is 0 Å². The highest BCUT2D eigenvalue weighted by atomic mass is 35.5. The van der Waals surface area contributed by atoms with Gasteiger partial charge in [-0.3, -0.25) is 9.63 Å². The second-order valence-electron chi connectivity index (χ2n) is 4.72. The number of aliphatic hydroxyl groups excluding tert-OH is 1. The average Bonchev–Trinajstić information content (AvgIpc) is 2.44. The molecule has 0 aliphatic carbocycles. The predicted octanol–water partition coefficient (Wildman–Crippen LogP) is 3.44. The Morgan fingerprint density at radius 1 is 1.21 bits per heavy atom. The number of amides is 1. The second-order valence-corrected chi connectivity index (χ2v) is 5.60. The van der Waals surface area contributed by atoms with E-state index in [1.54, 1.807) is 32.0 Å². The van der Waals surface area contributed by atoms with Crippen LogP contribution in [0.2, 0.25) is 10.0 Å². The molecule has 1 heterocycles. The van der Waals surface area contributed by atoms with Crippen LogP contribution in [0.3, 0.4) is 0 Å². The molecular formula is C13H13Cl2NO3. The Labute approximate surface area is 121 Å². The van der Waals surface area contributed by atoms with E-state index in [0.29, 0.717) is 15.6 Å². The van der Waals surface area contributed by atoms with Crippen molar-refractivity contribution in [3.63, 3.8) is 0 Å². The number of hydrogen-bond donors (Lipinski definition) is 1. The molecule has 0 fully saturated rings. The summed E-state index contributed by atoms with van der Waals surface area (Å²) in [6.45, 7) is 3.37. The van der Waals surface area contributed by atoms with Crippen LogP contribution in [0.5, 0.6) is 0 Å². The summed E-state index contributed by atoms with van der Waals surface area (Å²) in [4.78, 5) is 17.3. The van der Waals surface area contributed by atoms with Crippen LogP contribution in [0, 0.1) is 0 Å². The van der Waals surface area contributed by atoms with E-state index in [1.807, 2.05) is 0 Å². The topological polar surface area (TPSA) is 49.8 Å². The molecule has 0 spiro atoms. The Morgan fingerprint density at radius 2 is 1.74 bits per heavy atom. The number of carbonyl (C=O) groups excluding carboxylic acids is 1. The molecule has 0 unspecified atom stereocenters. The number of nitrogens with zero attached hydrogens (tertiary/aromatic N) is 1. The van der Waals surface area contributed by atoms with Crippen LogP contribution < -0.4 is 0 Å². The van der Waals surface area contributed by atoms with Gasteiger partial charge >= 0.3 is 0 Å². The maximum atomic E-state index is 12.3. The summed E-state index contributed by atoms with van der Waals surface area (Å²) in [5, 5.41) is 12.2. The highest BCUT2D eigenvalue weighted by molar-refractivity contribution is 6.35. The van der Waals surface area contributed by atoms with Crippen LogP contribution in [0.15, 0.2) is 24.0 Å². The zero-order chi connectivity index (χ0) is 14.4. The summed E-state index contributed by atoms with van der Waals surface area (Å²) in [7, 11) is 1.38. The summed E-state index contributed by atoms with van der Waals surface area (Å²) in [6, 6.07) is 4.71. The van der Waals surface area contributed by atoms with E-state index < -0.39 is 11.4 Å². The molecule has 0 saturated carbocycles. The third-order valence-electron chi connectivity index (χ3n) is 3.06. The first kappa shape index (κ1) is 14.2. The number of benzene rings is 1. The largest absolute Gasteiger partial charge is 0.509 e. The van der Waals surface area contributed by atoms with Crippen LogP contribution in [0.1, 0.15) is 19.4 Å². The van der Waals surface area contributed by atoms with E-state index in [2.05, 4.69) is 0 Å². The number of rotatable bonds is 2. The zero-order valence-electron chi connectivity index (χ0n) is 10.7. The molecule has 1 aliphatic rings. The molecule has 19 heavy (non-hydrogen) atoms. The van der Waals surface area contributed by atoms with Crippen LogP contribution in [-0.2, 0) is 9.63 Å². The van der Waals surface area contributed by atoms with Gasteiger partial charge in [0.05, 0.1) is 12.7 Å². The van der Waals surface area contributed by atoms with Gasteiger partial charge in [-0.15, -0.1) is 0 Å². The Balaban J connectivity index is 2.61. The van der Waals surface area contributed by atoms with Crippen molar-refractivity contribution in [1.82, 2.24) is 5.06 Å². The van der Waals surface area contributed by atoms with Crippen LogP contribution in [0.4, 0.5) is 0 Å². The standard InChI is InChI=1S/C13H13Cl2NO3/c1-13(2)11(17)10(12(18)16(13)19-3)7-4-8(14)6-9(15)5-7/h4-6,17H,1-3H3. The first-order chi connectivity index (χ1) is 8.78. The maximum Gasteiger partial charge on any atom is 0.282 e. The molecule has 102 valence electrons. The van der Waals surface area contributed by atoms with Crippen molar-refractivity contribution in [2.45, 2.75) is 19.4 Å². The summed E-state index contributed by atoms with van der Waals surface area (Å²) in [5.41, 5.74) is -0.320. The van der Waals surface area contributed by atoms with Crippen molar-refractivity contribution < 1.29 is 14.7 Å². The minimum atomic E-state index is -0.935. The van der Waals surface area contributed by atoms with Crippen molar-refractivity contribution in [2.24, 2.45) is 0 Å². The van der Waals surface area contributed by atoms with Gasteiger partial charge in [0.25, 0.3) is 5.91 Å². The summed E-state index contributed by atoms with van der Waals surface area (Å²) >= 11 is 11.8. The Morgan fingerprint density at radius 3 is 2.16 bits per heavy atom. The van der Waals surface area contributed by atoms with Gasteiger partial charge in [-0.25, -0.2) is 5.06 Å². The zero-order valence-corrected chi connectivity index (χ0v) is 12.2. The van der Waals surface area contributed by atoms with Gasteiger partial charge in [-0.05, 0) is 37.6 Å². The van der Waals surface area contributed by atoms with Crippen molar-refractivity contribution >= 4 is 34.7 Å². The molecule has 1 aromatic carbocycles. The number of carbonyl (C=O) groups is 1. The normalized spacial score (nSPS) is 18.4. The molecule has 2 rings (SSSR count). The first-order valence-corrected chi connectivity index (χ1v) is 6.33. The van der Waals surface area contributed by atoms with Gasteiger partial charge in [0, 0.05) is 10.0 Å². The molecule has 0 aromatic heterocycles. The Hall–Kier alpha value is -1.23.